The third-order valence-corrected chi connectivity index (χ3v) is 6.06. The molecule has 2 N–H and O–H groups in total. The number of aromatic hydroxyl groups is 1. The van der Waals surface area contributed by atoms with Crippen LogP contribution in [0, 0.1) is 0 Å². The Morgan fingerprint density at radius 2 is 1.94 bits per heavy atom. The molecule has 3 heterocycles. The number of benzene rings is 2. The second kappa shape index (κ2) is 10.1. The summed E-state index contributed by atoms with van der Waals surface area (Å²) < 4.78 is 10.3. The van der Waals surface area contributed by atoms with Crippen LogP contribution in [0.4, 0.5) is 5.69 Å². The molecule has 4 aromatic rings. The summed E-state index contributed by atoms with van der Waals surface area (Å²) in [5.41, 5.74) is 4.80. The van der Waals surface area contributed by atoms with Crippen LogP contribution in [0.3, 0.4) is 0 Å². The first-order valence-electron chi connectivity index (χ1n) is 11.4. The summed E-state index contributed by atoms with van der Waals surface area (Å²) in [7, 11) is 1.34. The molecule has 5 rings (SSSR count). The van der Waals surface area contributed by atoms with E-state index in [-0.39, 0.29) is 5.88 Å². The van der Waals surface area contributed by atoms with Crippen molar-refractivity contribution in [1.29, 1.82) is 0 Å². The van der Waals surface area contributed by atoms with Gasteiger partial charge < -0.3 is 19.6 Å². The van der Waals surface area contributed by atoms with Gasteiger partial charge in [0, 0.05) is 48.5 Å². The summed E-state index contributed by atoms with van der Waals surface area (Å²) in [5, 5.41) is 11.5. The Kier molecular flexibility index (Phi) is 6.56. The van der Waals surface area contributed by atoms with Crippen molar-refractivity contribution >= 4 is 28.3 Å². The van der Waals surface area contributed by atoms with Crippen LogP contribution >= 0.6 is 0 Å². The molecule has 0 radical (unpaired) electrons. The number of ether oxygens (including phenoxy) is 2. The molecule has 1 saturated heterocycles. The molecule has 35 heavy (non-hydrogen) atoms. The monoisotopic (exact) mass is 470 g/mol. The highest BCUT2D eigenvalue weighted by atomic mass is 16.5. The van der Waals surface area contributed by atoms with Crippen molar-refractivity contribution < 1.29 is 19.4 Å². The number of hydrogen-bond donors (Lipinski definition) is 2. The maximum absolute atomic E-state index is 12.1. The molecule has 1 aliphatic rings. The van der Waals surface area contributed by atoms with Crippen molar-refractivity contribution in [2.75, 3.05) is 33.4 Å². The first-order valence-corrected chi connectivity index (χ1v) is 11.4. The molecule has 2 aromatic carbocycles. The zero-order valence-electron chi connectivity index (χ0n) is 19.4. The molecule has 178 valence electrons. The van der Waals surface area contributed by atoms with Gasteiger partial charge in [0.25, 0.3) is 0 Å². The summed E-state index contributed by atoms with van der Waals surface area (Å²) in [6.07, 6.45) is 3.39. The van der Waals surface area contributed by atoms with Gasteiger partial charge in [0.15, 0.2) is 5.88 Å². The van der Waals surface area contributed by atoms with Crippen LogP contribution in [0.25, 0.3) is 10.9 Å². The topological polar surface area (TPSA) is 100 Å². The fourth-order valence-corrected chi connectivity index (χ4v) is 4.25. The highest BCUT2D eigenvalue weighted by Crippen LogP contribution is 2.32. The maximum atomic E-state index is 12.1. The molecule has 0 atom stereocenters. The molecule has 0 unspecified atom stereocenters. The van der Waals surface area contributed by atoms with Crippen LogP contribution in [0.15, 0.2) is 72.0 Å². The van der Waals surface area contributed by atoms with Gasteiger partial charge in [-0.05, 0) is 48.0 Å². The number of rotatable bonds is 6. The van der Waals surface area contributed by atoms with Crippen molar-refractivity contribution in [3.8, 4) is 5.88 Å². The van der Waals surface area contributed by atoms with Gasteiger partial charge in [0.1, 0.15) is 0 Å². The Morgan fingerprint density at radius 3 is 2.66 bits per heavy atom. The third-order valence-electron chi connectivity index (χ3n) is 6.06. The number of carbonyl (C=O) groups is 1. The number of aromatic amines is 1. The predicted octanol–water partition coefficient (Wildman–Crippen LogP) is 4.06. The first kappa shape index (κ1) is 22.8. The van der Waals surface area contributed by atoms with Gasteiger partial charge in [-0.1, -0.05) is 12.1 Å². The van der Waals surface area contributed by atoms with E-state index in [1.165, 1.54) is 12.7 Å². The number of methoxy groups -OCH3 is 1. The first-order chi connectivity index (χ1) is 17.1. The quantitative estimate of drug-likeness (QED) is 0.326. The van der Waals surface area contributed by atoms with Crippen molar-refractivity contribution in [3.05, 3.63) is 89.2 Å². The average molecular weight is 471 g/mol. The number of fused-ring (bicyclic) bond motifs is 1. The van der Waals surface area contributed by atoms with Crippen LogP contribution < -0.4 is 0 Å². The van der Waals surface area contributed by atoms with Crippen molar-refractivity contribution in [1.82, 2.24) is 14.9 Å². The lowest BCUT2D eigenvalue weighted by atomic mass is 10.0. The maximum Gasteiger partial charge on any atom is 0.337 e. The SMILES string of the molecule is COC(=O)c1ccc2[nH]c(O)c(C(=Nc3ccc(CN4CCOCC4)cc3)c3cccnc3)c2c1. The minimum absolute atomic E-state index is 0.0337. The van der Waals surface area contributed by atoms with E-state index in [2.05, 4.69) is 27.0 Å². The zero-order chi connectivity index (χ0) is 24.2. The number of aromatic nitrogens is 2. The zero-order valence-corrected chi connectivity index (χ0v) is 19.4. The van der Waals surface area contributed by atoms with Gasteiger partial charge in [-0.3, -0.25) is 9.88 Å². The van der Waals surface area contributed by atoms with Gasteiger partial charge in [-0.15, -0.1) is 0 Å². The summed E-state index contributed by atoms with van der Waals surface area (Å²) in [5.74, 6) is -0.484. The number of nitrogens with one attached hydrogen (secondary N) is 1. The molecule has 0 saturated carbocycles. The summed E-state index contributed by atoms with van der Waals surface area (Å²) in [4.78, 5) is 26.6. The molecule has 1 aliphatic heterocycles. The molecule has 0 bridgehead atoms. The van der Waals surface area contributed by atoms with E-state index in [4.69, 9.17) is 14.5 Å². The molecular weight excluding hydrogens is 444 g/mol. The van der Waals surface area contributed by atoms with Crippen molar-refractivity contribution in [2.24, 2.45) is 4.99 Å². The van der Waals surface area contributed by atoms with Crippen LogP contribution in [-0.4, -0.2) is 65.1 Å². The molecule has 1 fully saturated rings. The second-order valence-electron chi connectivity index (χ2n) is 8.36. The number of hydrogen-bond acceptors (Lipinski definition) is 7. The molecule has 0 amide bonds. The van der Waals surface area contributed by atoms with Gasteiger partial charge in [0.05, 0.1) is 42.8 Å². The minimum atomic E-state index is -0.450. The molecule has 2 aromatic heterocycles. The largest absolute Gasteiger partial charge is 0.494 e. The van der Waals surface area contributed by atoms with E-state index in [0.717, 1.165) is 44.1 Å². The Labute approximate surface area is 202 Å². The normalized spacial score (nSPS) is 14.8. The number of H-pyrrole nitrogens is 1. The Morgan fingerprint density at radius 1 is 1.14 bits per heavy atom. The molecule has 0 aliphatic carbocycles. The van der Waals surface area contributed by atoms with Gasteiger partial charge in [-0.25, -0.2) is 9.79 Å². The smallest absolute Gasteiger partial charge is 0.337 e. The van der Waals surface area contributed by atoms with E-state index in [1.807, 2.05) is 24.3 Å². The molecule has 0 spiro atoms. The van der Waals surface area contributed by atoms with Crippen LogP contribution in [-0.2, 0) is 16.0 Å². The summed E-state index contributed by atoms with van der Waals surface area (Å²) in [6.45, 7) is 4.25. The van der Waals surface area contributed by atoms with Gasteiger partial charge >= 0.3 is 5.97 Å². The van der Waals surface area contributed by atoms with E-state index < -0.39 is 5.97 Å². The Bertz CT molecular complexity index is 1360. The molecule has 8 nitrogen and oxygen atoms in total. The number of pyridine rings is 1. The number of nitrogens with zero attached hydrogens (tertiary/aromatic N) is 3. The second-order valence-corrected chi connectivity index (χ2v) is 8.36. The van der Waals surface area contributed by atoms with Crippen LogP contribution in [0.2, 0.25) is 0 Å². The van der Waals surface area contributed by atoms with E-state index in [0.29, 0.717) is 27.7 Å². The van der Waals surface area contributed by atoms with Crippen molar-refractivity contribution in [3.63, 3.8) is 0 Å². The van der Waals surface area contributed by atoms with Crippen LogP contribution in [0.1, 0.15) is 27.0 Å². The summed E-state index contributed by atoms with van der Waals surface area (Å²) in [6, 6.07) is 16.9. The fraction of sp³-hybridized carbons (Fsp3) is 0.222. The van der Waals surface area contributed by atoms with E-state index in [9.17, 15) is 9.90 Å². The standard InChI is InChI=1S/C27H26N4O4/c1-34-27(33)19-6-9-23-22(15-19)24(26(32)30-23)25(20-3-2-10-28-16-20)29-21-7-4-18(5-8-21)17-31-11-13-35-14-12-31/h2-10,15-16,30,32H,11-14,17H2,1H3. The number of aliphatic imine (C=N–C) groups is 1. The average Bonchev–Trinajstić information content (AvgIpc) is 3.23. The van der Waals surface area contributed by atoms with E-state index in [1.54, 1.807) is 30.6 Å². The number of morpholine rings is 1. The highest BCUT2D eigenvalue weighted by Gasteiger charge is 2.20. The lowest BCUT2D eigenvalue weighted by Crippen LogP contribution is -2.35. The number of carbonyl (C=O) groups excluding carboxylic acids is 1. The van der Waals surface area contributed by atoms with Crippen LogP contribution in [0.5, 0.6) is 5.88 Å². The summed E-state index contributed by atoms with van der Waals surface area (Å²) >= 11 is 0. The lowest BCUT2D eigenvalue weighted by molar-refractivity contribution is 0.0342. The fourth-order valence-electron chi connectivity index (χ4n) is 4.25. The lowest BCUT2D eigenvalue weighted by Gasteiger charge is -2.26. The van der Waals surface area contributed by atoms with Gasteiger partial charge in [-0.2, -0.15) is 0 Å². The van der Waals surface area contributed by atoms with E-state index >= 15 is 0 Å². The highest BCUT2D eigenvalue weighted by molar-refractivity contribution is 6.22. The Balaban J connectivity index is 1.56. The predicted molar refractivity (Wildman–Crippen MR) is 133 cm³/mol. The molecule has 8 heteroatoms. The van der Waals surface area contributed by atoms with Gasteiger partial charge in [0.2, 0.25) is 0 Å². The third kappa shape index (κ3) is 4.94. The van der Waals surface area contributed by atoms with Crippen molar-refractivity contribution in [2.45, 2.75) is 6.54 Å². The minimum Gasteiger partial charge on any atom is -0.494 e. The molecular formula is C27H26N4O4. The number of esters is 1. The Hall–Kier alpha value is -4.01.